The monoisotopic (exact) mass is 245 g/mol. The first-order valence-corrected chi connectivity index (χ1v) is 5.54. The van der Waals surface area contributed by atoms with Crippen LogP contribution in [0.4, 0.5) is 8.78 Å². The van der Waals surface area contributed by atoms with Crippen LogP contribution in [0.25, 0.3) is 0 Å². The summed E-state index contributed by atoms with van der Waals surface area (Å²) in [4.78, 5) is 0. The van der Waals surface area contributed by atoms with Crippen LogP contribution in [0.15, 0.2) is 18.2 Å². The fourth-order valence-corrected chi connectivity index (χ4v) is 1.37. The second-order valence-corrected chi connectivity index (χ2v) is 3.68. The maximum atomic E-state index is 13.2. The number of hydrogen-bond donors (Lipinski definition) is 2. The van der Waals surface area contributed by atoms with Crippen molar-refractivity contribution in [3.05, 3.63) is 35.4 Å². The first kappa shape index (κ1) is 14.0. The Morgan fingerprint density at radius 2 is 2.18 bits per heavy atom. The highest BCUT2D eigenvalue weighted by Gasteiger charge is 2.06. The third-order valence-corrected chi connectivity index (χ3v) is 2.22. The Labute approximate surface area is 99.4 Å². The van der Waals surface area contributed by atoms with Crippen LogP contribution in [-0.4, -0.2) is 31.0 Å². The highest BCUT2D eigenvalue weighted by molar-refractivity contribution is 5.18. The van der Waals surface area contributed by atoms with Gasteiger partial charge in [-0.15, -0.1) is 0 Å². The molecule has 0 saturated carbocycles. The lowest BCUT2D eigenvalue weighted by molar-refractivity contribution is 0.0427. The number of benzene rings is 1. The Hall–Kier alpha value is -1.04. The SMILES string of the molecule is CCOCC(O)CNCc1cc(F)ccc1F. The minimum Gasteiger partial charge on any atom is -0.389 e. The standard InChI is InChI=1S/C12H17F2NO2/c1-2-17-8-11(16)7-15-6-9-5-10(13)3-4-12(9)14/h3-5,11,15-16H,2,6-8H2,1H3. The third-order valence-electron chi connectivity index (χ3n) is 2.22. The topological polar surface area (TPSA) is 41.5 Å². The molecule has 17 heavy (non-hydrogen) atoms. The lowest BCUT2D eigenvalue weighted by Crippen LogP contribution is -2.30. The van der Waals surface area contributed by atoms with Crippen molar-refractivity contribution in [1.82, 2.24) is 5.32 Å². The smallest absolute Gasteiger partial charge is 0.127 e. The van der Waals surface area contributed by atoms with Crippen molar-refractivity contribution < 1.29 is 18.6 Å². The second-order valence-electron chi connectivity index (χ2n) is 3.68. The van der Waals surface area contributed by atoms with E-state index in [1.54, 1.807) is 0 Å². The van der Waals surface area contributed by atoms with E-state index in [1.165, 1.54) is 0 Å². The summed E-state index contributed by atoms with van der Waals surface area (Å²) >= 11 is 0. The molecule has 1 unspecified atom stereocenters. The Morgan fingerprint density at radius 3 is 2.88 bits per heavy atom. The molecule has 5 heteroatoms. The number of aliphatic hydroxyl groups is 1. The molecule has 0 bridgehead atoms. The summed E-state index contributed by atoms with van der Waals surface area (Å²) < 4.78 is 31.1. The lowest BCUT2D eigenvalue weighted by Gasteiger charge is -2.12. The summed E-state index contributed by atoms with van der Waals surface area (Å²) in [6.07, 6.45) is -0.647. The Bertz CT molecular complexity index is 347. The highest BCUT2D eigenvalue weighted by Crippen LogP contribution is 2.08. The lowest BCUT2D eigenvalue weighted by atomic mass is 10.2. The summed E-state index contributed by atoms with van der Waals surface area (Å²) in [5, 5.41) is 12.3. The Balaban J connectivity index is 2.32. The molecule has 0 spiro atoms. The van der Waals surface area contributed by atoms with E-state index in [2.05, 4.69) is 5.32 Å². The van der Waals surface area contributed by atoms with Gasteiger partial charge in [-0.1, -0.05) is 0 Å². The number of halogens is 2. The van der Waals surface area contributed by atoms with Crippen LogP contribution in [0.3, 0.4) is 0 Å². The van der Waals surface area contributed by atoms with E-state index in [0.29, 0.717) is 6.61 Å². The van der Waals surface area contributed by atoms with Gasteiger partial charge in [0.05, 0.1) is 12.7 Å². The van der Waals surface area contributed by atoms with Crippen molar-refractivity contribution in [3.63, 3.8) is 0 Å². The minimum absolute atomic E-state index is 0.173. The fourth-order valence-electron chi connectivity index (χ4n) is 1.37. The number of ether oxygens (including phenoxy) is 1. The van der Waals surface area contributed by atoms with Crippen molar-refractivity contribution in [1.29, 1.82) is 0 Å². The van der Waals surface area contributed by atoms with Crippen molar-refractivity contribution >= 4 is 0 Å². The van der Waals surface area contributed by atoms with Gasteiger partial charge in [0.25, 0.3) is 0 Å². The molecule has 1 atom stereocenters. The Morgan fingerprint density at radius 1 is 1.41 bits per heavy atom. The van der Waals surface area contributed by atoms with E-state index in [4.69, 9.17) is 4.74 Å². The molecule has 1 aromatic rings. The number of hydrogen-bond acceptors (Lipinski definition) is 3. The van der Waals surface area contributed by atoms with E-state index < -0.39 is 17.7 Å². The normalized spacial score (nSPS) is 12.7. The molecule has 0 fully saturated rings. The van der Waals surface area contributed by atoms with Crippen LogP contribution in [-0.2, 0) is 11.3 Å². The van der Waals surface area contributed by atoms with E-state index in [9.17, 15) is 13.9 Å². The molecule has 0 heterocycles. The van der Waals surface area contributed by atoms with Gasteiger partial charge in [-0.05, 0) is 25.1 Å². The number of rotatable bonds is 7. The highest BCUT2D eigenvalue weighted by atomic mass is 19.1. The van der Waals surface area contributed by atoms with Crippen LogP contribution in [0.5, 0.6) is 0 Å². The predicted octanol–water partition coefficient (Wildman–Crippen LogP) is 1.45. The molecular weight excluding hydrogens is 228 g/mol. The molecule has 0 aliphatic carbocycles. The quantitative estimate of drug-likeness (QED) is 0.764. The van der Waals surface area contributed by atoms with Crippen LogP contribution < -0.4 is 5.32 Å². The largest absolute Gasteiger partial charge is 0.389 e. The van der Waals surface area contributed by atoms with Gasteiger partial charge in [-0.2, -0.15) is 0 Å². The maximum absolute atomic E-state index is 13.2. The van der Waals surface area contributed by atoms with E-state index in [0.717, 1.165) is 18.2 Å². The van der Waals surface area contributed by atoms with E-state index in [-0.39, 0.29) is 25.3 Å². The molecule has 0 amide bonds. The molecule has 2 N–H and O–H groups in total. The van der Waals surface area contributed by atoms with Gasteiger partial charge in [0.15, 0.2) is 0 Å². The zero-order chi connectivity index (χ0) is 12.7. The van der Waals surface area contributed by atoms with Gasteiger partial charge < -0.3 is 15.2 Å². The second kappa shape index (κ2) is 7.32. The maximum Gasteiger partial charge on any atom is 0.127 e. The zero-order valence-electron chi connectivity index (χ0n) is 9.75. The molecule has 96 valence electrons. The van der Waals surface area contributed by atoms with Crippen LogP contribution >= 0.6 is 0 Å². The van der Waals surface area contributed by atoms with Crippen molar-refractivity contribution in [3.8, 4) is 0 Å². The molecule has 0 saturated heterocycles. The summed E-state index contributed by atoms with van der Waals surface area (Å²) in [6, 6.07) is 3.29. The van der Waals surface area contributed by atoms with E-state index >= 15 is 0 Å². The third kappa shape index (κ3) is 5.21. The summed E-state index contributed by atoms with van der Waals surface area (Å²) in [5.74, 6) is -0.934. The molecule has 1 rings (SSSR count). The minimum atomic E-state index is -0.647. The van der Waals surface area contributed by atoms with Gasteiger partial charge in [-0.3, -0.25) is 0 Å². The van der Waals surface area contributed by atoms with Gasteiger partial charge in [0, 0.05) is 25.3 Å². The molecule has 3 nitrogen and oxygen atoms in total. The average molecular weight is 245 g/mol. The zero-order valence-corrected chi connectivity index (χ0v) is 9.75. The van der Waals surface area contributed by atoms with Crippen molar-refractivity contribution in [2.45, 2.75) is 19.6 Å². The fraction of sp³-hybridized carbons (Fsp3) is 0.500. The summed E-state index contributed by atoms with van der Waals surface area (Å²) in [6.45, 7) is 3.05. The summed E-state index contributed by atoms with van der Waals surface area (Å²) in [5.41, 5.74) is 0.244. The molecular formula is C12H17F2NO2. The van der Waals surface area contributed by atoms with E-state index in [1.807, 2.05) is 6.92 Å². The van der Waals surface area contributed by atoms with Gasteiger partial charge in [0.2, 0.25) is 0 Å². The molecule has 0 aliphatic heterocycles. The molecule has 0 aliphatic rings. The first-order chi connectivity index (χ1) is 8.13. The average Bonchev–Trinajstić information content (AvgIpc) is 2.31. The van der Waals surface area contributed by atoms with Crippen LogP contribution in [0.1, 0.15) is 12.5 Å². The van der Waals surface area contributed by atoms with Gasteiger partial charge >= 0.3 is 0 Å². The molecule has 1 aromatic carbocycles. The molecule has 0 aromatic heterocycles. The van der Waals surface area contributed by atoms with Crippen LogP contribution in [0, 0.1) is 11.6 Å². The van der Waals surface area contributed by atoms with Crippen molar-refractivity contribution in [2.75, 3.05) is 19.8 Å². The Kier molecular flexibility index (Phi) is 6.04. The van der Waals surface area contributed by atoms with Crippen LogP contribution in [0.2, 0.25) is 0 Å². The van der Waals surface area contributed by atoms with Gasteiger partial charge in [-0.25, -0.2) is 8.78 Å². The predicted molar refractivity (Wildman–Crippen MR) is 60.6 cm³/mol. The number of nitrogens with one attached hydrogen (secondary N) is 1. The molecule has 0 radical (unpaired) electrons. The van der Waals surface area contributed by atoms with Crippen molar-refractivity contribution in [2.24, 2.45) is 0 Å². The van der Waals surface area contributed by atoms with Gasteiger partial charge in [0.1, 0.15) is 11.6 Å². The first-order valence-electron chi connectivity index (χ1n) is 5.54. The number of aliphatic hydroxyl groups excluding tert-OH is 1. The summed E-state index contributed by atoms with van der Waals surface area (Å²) in [7, 11) is 0.